The highest BCUT2D eigenvalue weighted by atomic mass is 35.5. The minimum atomic E-state index is -3.18. The second-order valence-electron chi connectivity index (χ2n) is 21.0. The van der Waals surface area contributed by atoms with E-state index in [1.807, 2.05) is 42.2 Å². The minimum Gasteiger partial charge on any atom is -0.488 e. The number of piperidine rings is 2. The van der Waals surface area contributed by atoms with Crippen molar-refractivity contribution < 1.29 is 60.1 Å². The SMILES string of the molecule is C[C@H]1c2c(cc(F)c(Cl)c2-c2c(C(N)=O)ccc(OCCO)c2F)O[C@]1(CNC1CCC(C(=O)N2CC[C@@H](CN3CCC(c4c(F)cc5c(N6CCC(=O)NC6=O)nn(C)c5c4F)CC3)C(F)(F)C2)CC1)c1ccccc1. The third kappa shape index (κ3) is 9.96. The van der Waals surface area contributed by atoms with E-state index in [2.05, 4.69) is 15.7 Å². The molecular formula is C55H59ClF6N8O7. The summed E-state index contributed by atoms with van der Waals surface area (Å²) in [4.78, 5) is 55.3. The maximum Gasteiger partial charge on any atom is 0.329 e. The number of carbonyl (C=O) groups excluding carboxylic acids is 4. The van der Waals surface area contributed by atoms with Gasteiger partial charge < -0.3 is 35.4 Å². The van der Waals surface area contributed by atoms with E-state index in [-0.39, 0.29) is 108 Å². The second-order valence-corrected chi connectivity index (χ2v) is 21.3. The fourth-order valence-electron chi connectivity index (χ4n) is 12.4. The maximum absolute atomic E-state index is 16.5. The van der Waals surface area contributed by atoms with Crippen LogP contribution in [0.1, 0.15) is 97.2 Å². The number of hydrogen-bond acceptors (Lipinski definition) is 10. The van der Waals surface area contributed by atoms with Crippen molar-refractivity contribution in [2.75, 3.05) is 63.9 Å². The largest absolute Gasteiger partial charge is 0.488 e. The normalized spacial score (nSPS) is 24.0. The minimum absolute atomic E-state index is 0.00580. The van der Waals surface area contributed by atoms with Gasteiger partial charge in [0.05, 0.1) is 29.1 Å². The van der Waals surface area contributed by atoms with Crippen LogP contribution >= 0.6 is 11.6 Å². The summed E-state index contributed by atoms with van der Waals surface area (Å²) < 4.78 is 110. The van der Waals surface area contributed by atoms with Crippen LogP contribution in [0.25, 0.3) is 22.0 Å². The number of amides is 5. The zero-order valence-electron chi connectivity index (χ0n) is 42.5. The number of carbonyl (C=O) groups is 4. The smallest absolute Gasteiger partial charge is 0.329 e. The van der Waals surface area contributed by atoms with Gasteiger partial charge in [-0.1, -0.05) is 48.9 Å². The first-order valence-electron chi connectivity index (χ1n) is 26.0. The molecule has 1 aromatic heterocycles. The number of aliphatic hydroxyl groups excluding tert-OH is 1. The van der Waals surface area contributed by atoms with Gasteiger partial charge in [-0.05, 0) is 87.7 Å². The lowest BCUT2D eigenvalue weighted by Gasteiger charge is -2.43. The molecule has 10 rings (SSSR count). The molecule has 0 unspecified atom stereocenters. The Bertz CT molecular complexity index is 3130. The average molecular weight is 1090 g/mol. The van der Waals surface area contributed by atoms with Crippen molar-refractivity contribution in [1.82, 2.24) is 30.2 Å². The number of primary amides is 1. The van der Waals surface area contributed by atoms with Crippen LogP contribution < -0.4 is 30.7 Å². The molecule has 0 bridgehead atoms. The molecule has 5 heterocycles. The van der Waals surface area contributed by atoms with Gasteiger partial charge in [0.25, 0.3) is 5.92 Å². The van der Waals surface area contributed by atoms with E-state index in [1.165, 1.54) is 33.7 Å². The number of nitrogens with zero attached hydrogens (tertiary/aromatic N) is 5. The number of alkyl halides is 2. The number of nitrogens with two attached hydrogens (primary N) is 1. The molecule has 3 atom stereocenters. The third-order valence-electron chi connectivity index (χ3n) is 16.5. The Balaban J connectivity index is 0.760. The van der Waals surface area contributed by atoms with Crippen molar-refractivity contribution in [1.29, 1.82) is 0 Å². The van der Waals surface area contributed by atoms with Crippen LogP contribution in [0.5, 0.6) is 11.5 Å². The lowest BCUT2D eigenvalue weighted by atomic mass is 9.77. The summed E-state index contributed by atoms with van der Waals surface area (Å²) in [5.41, 5.74) is 4.67. The molecule has 5 aliphatic rings. The number of nitrogens with one attached hydrogen (secondary N) is 2. The van der Waals surface area contributed by atoms with Gasteiger partial charge in [-0.3, -0.25) is 29.3 Å². The molecule has 4 aliphatic heterocycles. The van der Waals surface area contributed by atoms with Gasteiger partial charge in [-0.25, -0.2) is 31.1 Å². The topological polar surface area (TPSA) is 185 Å². The van der Waals surface area contributed by atoms with Gasteiger partial charge in [-0.2, -0.15) is 5.10 Å². The first-order valence-corrected chi connectivity index (χ1v) is 26.4. The summed E-state index contributed by atoms with van der Waals surface area (Å²) in [6, 6.07) is 13.1. The summed E-state index contributed by atoms with van der Waals surface area (Å²) in [5.74, 6) is -11.4. The fraction of sp³-hybridized carbons (Fsp3) is 0.473. The van der Waals surface area contributed by atoms with Crippen molar-refractivity contribution in [2.45, 2.75) is 87.7 Å². The summed E-state index contributed by atoms with van der Waals surface area (Å²) in [6.45, 7) is 1.51. The van der Waals surface area contributed by atoms with E-state index in [4.69, 9.17) is 26.8 Å². The number of halogens is 7. The zero-order chi connectivity index (χ0) is 54.7. The molecule has 4 fully saturated rings. The number of benzene rings is 4. The molecule has 77 heavy (non-hydrogen) atoms. The molecule has 15 nitrogen and oxygen atoms in total. The molecule has 4 aromatic carbocycles. The number of hydrogen-bond donors (Lipinski definition) is 4. The van der Waals surface area contributed by atoms with Crippen LogP contribution in [-0.2, 0) is 22.2 Å². The highest BCUT2D eigenvalue weighted by molar-refractivity contribution is 6.34. The summed E-state index contributed by atoms with van der Waals surface area (Å²) in [6.07, 6.45) is 2.69. The summed E-state index contributed by atoms with van der Waals surface area (Å²) in [7, 11) is 1.49. The van der Waals surface area contributed by atoms with E-state index >= 15 is 26.3 Å². The molecule has 1 aliphatic carbocycles. The molecule has 3 saturated heterocycles. The second kappa shape index (κ2) is 21.4. The van der Waals surface area contributed by atoms with Crippen LogP contribution in [0.2, 0.25) is 5.02 Å². The number of aromatic nitrogens is 2. The van der Waals surface area contributed by atoms with E-state index in [0.717, 1.165) is 12.1 Å². The highest BCUT2D eigenvalue weighted by Crippen LogP contribution is 2.57. The van der Waals surface area contributed by atoms with E-state index in [1.54, 1.807) is 0 Å². The predicted octanol–water partition coefficient (Wildman–Crippen LogP) is 8.27. The van der Waals surface area contributed by atoms with Crippen LogP contribution in [0.15, 0.2) is 54.6 Å². The summed E-state index contributed by atoms with van der Waals surface area (Å²) in [5, 5.41) is 19.1. The van der Waals surface area contributed by atoms with Crippen molar-refractivity contribution >= 4 is 52.1 Å². The van der Waals surface area contributed by atoms with Crippen LogP contribution in [0.4, 0.5) is 37.0 Å². The lowest BCUT2D eigenvalue weighted by molar-refractivity contribution is -0.157. The predicted molar refractivity (Wildman–Crippen MR) is 273 cm³/mol. The van der Waals surface area contributed by atoms with Gasteiger partial charge in [0.2, 0.25) is 17.7 Å². The number of urea groups is 1. The van der Waals surface area contributed by atoms with Gasteiger partial charge >= 0.3 is 6.03 Å². The number of imide groups is 1. The first kappa shape index (κ1) is 54.0. The Hall–Kier alpha value is -6.42. The number of likely N-dealkylation sites (tertiary alicyclic amines) is 2. The average Bonchev–Trinajstić information content (AvgIpc) is 3.93. The zero-order valence-corrected chi connectivity index (χ0v) is 43.2. The quantitative estimate of drug-likeness (QED) is 0.0790. The Labute approximate surface area is 444 Å². The first-order chi connectivity index (χ1) is 36.8. The molecule has 22 heteroatoms. The monoisotopic (exact) mass is 1090 g/mol. The molecular weight excluding hydrogens is 1030 g/mol. The molecule has 0 radical (unpaired) electrons. The molecule has 0 spiro atoms. The van der Waals surface area contributed by atoms with E-state index < -0.39 is 94.5 Å². The van der Waals surface area contributed by atoms with Crippen molar-refractivity contribution in [2.24, 2.45) is 24.6 Å². The van der Waals surface area contributed by atoms with Crippen LogP contribution in [0.3, 0.4) is 0 Å². The number of fused-ring (bicyclic) bond motifs is 2. The van der Waals surface area contributed by atoms with Crippen molar-refractivity contribution in [3.8, 4) is 22.6 Å². The number of aryl methyl sites for hydroxylation is 1. The summed E-state index contributed by atoms with van der Waals surface area (Å²) >= 11 is 6.69. The number of anilines is 1. The molecule has 410 valence electrons. The number of ether oxygens (including phenoxy) is 2. The van der Waals surface area contributed by atoms with Crippen LogP contribution in [-0.4, -0.2) is 119 Å². The van der Waals surface area contributed by atoms with Gasteiger partial charge in [-0.15, -0.1) is 0 Å². The van der Waals surface area contributed by atoms with Crippen LogP contribution in [0, 0.1) is 35.1 Å². The molecule has 1 saturated carbocycles. The maximum atomic E-state index is 16.5. The number of aliphatic hydroxyl groups is 1. The van der Waals surface area contributed by atoms with Crippen molar-refractivity contribution in [3.05, 3.63) is 105 Å². The highest BCUT2D eigenvalue weighted by Gasteiger charge is 2.51. The van der Waals surface area contributed by atoms with Gasteiger partial charge in [0.1, 0.15) is 29.5 Å². The Morgan fingerprint density at radius 3 is 2.32 bits per heavy atom. The Morgan fingerprint density at radius 2 is 1.65 bits per heavy atom. The van der Waals surface area contributed by atoms with Crippen molar-refractivity contribution in [3.63, 3.8) is 0 Å². The van der Waals surface area contributed by atoms with Gasteiger partial charge in [0, 0.05) is 91.8 Å². The molecule has 5 aromatic rings. The lowest BCUT2D eigenvalue weighted by Crippen LogP contribution is -2.55. The standard InChI is InChI=1S/C55H59ClF6N8O7/c1-29-42-40(25-38(58)46(56)45(42)44-35(50(63)73)12-13-39(47(44)59)76-23-22-71)77-54(29,32-6-4-3-5-7-32)27-64-34-10-8-31(9-11-34)52(74)69-20-16-33(55(61,62)28-69)26-68-18-14-30(15-19-68)43-37(57)24-36-49(48(43)60)67(2)66-51(36)70-21-17-41(72)65-53(70)75/h3-7,12-13,24-25,29-31,33-34,64,71H,8-11,14-23,26-28H2,1-2H3,(H2,63,73)(H,65,72,75)/t29-,31?,33-,34?,54-/m0/s1. The van der Waals surface area contributed by atoms with E-state index in [0.29, 0.717) is 62.7 Å². The Morgan fingerprint density at radius 1 is 0.922 bits per heavy atom. The van der Waals surface area contributed by atoms with E-state index in [9.17, 15) is 24.3 Å². The fourth-order valence-corrected chi connectivity index (χ4v) is 12.6. The molecule has 5 N–H and O–H groups in total. The Kier molecular flexibility index (Phi) is 15.0. The third-order valence-corrected chi connectivity index (χ3v) is 16.9. The molecule has 5 amide bonds. The van der Waals surface area contributed by atoms with Gasteiger partial charge in [0.15, 0.2) is 28.8 Å². The number of rotatable bonds is 14.